The normalized spacial score (nSPS) is 13.8. The Balaban J connectivity index is 1.37. The number of rotatable bonds is 10. The van der Waals surface area contributed by atoms with E-state index < -0.39 is 9.84 Å². The van der Waals surface area contributed by atoms with Crippen LogP contribution in [0.25, 0.3) is 11.3 Å². The first-order chi connectivity index (χ1) is 15.8. The van der Waals surface area contributed by atoms with Crippen LogP contribution in [0.15, 0.2) is 48.9 Å². The summed E-state index contributed by atoms with van der Waals surface area (Å²) in [7, 11) is -3.20. The van der Waals surface area contributed by atoms with E-state index in [1.807, 2.05) is 38.1 Å². The van der Waals surface area contributed by atoms with Gasteiger partial charge in [0.2, 0.25) is 5.88 Å². The lowest BCUT2D eigenvalue weighted by molar-refractivity contribution is -0.117. The van der Waals surface area contributed by atoms with Crippen molar-refractivity contribution < 1.29 is 17.9 Å². The summed E-state index contributed by atoms with van der Waals surface area (Å²) in [5.41, 5.74) is 2.98. The highest BCUT2D eigenvalue weighted by Gasteiger charge is 2.36. The number of benzene rings is 1. The monoisotopic (exact) mass is 466 g/mol. The van der Waals surface area contributed by atoms with Gasteiger partial charge in [-0.2, -0.15) is 0 Å². The zero-order chi connectivity index (χ0) is 23.4. The Kier molecular flexibility index (Phi) is 6.78. The Labute approximate surface area is 193 Å². The average Bonchev–Trinajstić information content (AvgIpc) is 3.60. The van der Waals surface area contributed by atoms with Gasteiger partial charge in [0.05, 0.1) is 35.1 Å². The molecule has 2 heterocycles. The molecule has 1 aliphatic carbocycles. The largest absolute Gasteiger partial charge is 0.474 e. The first kappa shape index (κ1) is 23.0. The lowest BCUT2D eigenvalue weighted by Gasteiger charge is -2.09. The maximum Gasteiger partial charge on any atom is 0.233 e. The van der Waals surface area contributed by atoms with Crippen LogP contribution in [0.4, 0.5) is 0 Å². The van der Waals surface area contributed by atoms with Gasteiger partial charge in [0.15, 0.2) is 9.84 Å². The number of ether oxygens (including phenoxy) is 1. The fourth-order valence-corrected chi connectivity index (χ4v) is 4.99. The summed E-state index contributed by atoms with van der Waals surface area (Å²) in [6.07, 6.45) is 6.58. The van der Waals surface area contributed by atoms with Crippen molar-refractivity contribution in [3.05, 3.63) is 66.0 Å². The van der Waals surface area contributed by atoms with E-state index in [1.54, 1.807) is 18.5 Å². The molecule has 0 unspecified atom stereocenters. The fraction of sp³-hybridized carbons (Fsp3) is 0.375. The molecule has 33 heavy (non-hydrogen) atoms. The molecule has 3 aromatic rings. The number of carbonyl (C=O) groups is 1. The van der Waals surface area contributed by atoms with E-state index >= 15 is 0 Å². The van der Waals surface area contributed by atoms with Crippen LogP contribution in [0.5, 0.6) is 5.88 Å². The maximum atomic E-state index is 12.6. The Morgan fingerprint density at radius 1 is 1.06 bits per heavy atom. The van der Waals surface area contributed by atoms with Crippen LogP contribution < -0.4 is 4.74 Å². The number of aromatic nitrogens is 4. The highest BCUT2D eigenvalue weighted by atomic mass is 32.2. The van der Waals surface area contributed by atoms with E-state index in [4.69, 9.17) is 4.74 Å². The number of hydrogen-bond acceptors (Lipinski definition) is 8. The summed E-state index contributed by atoms with van der Waals surface area (Å²) < 4.78 is 29.9. The zero-order valence-corrected chi connectivity index (χ0v) is 19.5. The number of hydrogen-bond donors (Lipinski definition) is 0. The lowest BCUT2D eigenvalue weighted by Crippen LogP contribution is -2.14. The van der Waals surface area contributed by atoms with E-state index in [1.165, 1.54) is 6.20 Å². The van der Waals surface area contributed by atoms with Gasteiger partial charge in [-0.25, -0.2) is 23.4 Å². The van der Waals surface area contributed by atoms with Crippen molar-refractivity contribution in [2.75, 3.05) is 0 Å². The Morgan fingerprint density at radius 2 is 1.82 bits per heavy atom. The van der Waals surface area contributed by atoms with E-state index in [-0.39, 0.29) is 41.6 Å². The summed E-state index contributed by atoms with van der Waals surface area (Å²) in [6.45, 7) is 3.86. The van der Waals surface area contributed by atoms with Crippen molar-refractivity contribution >= 4 is 15.6 Å². The molecule has 1 aromatic carbocycles. The number of carbonyl (C=O) groups excluding carboxylic acids is 1. The average molecular weight is 467 g/mol. The molecule has 2 aromatic heterocycles. The second-order valence-electron chi connectivity index (χ2n) is 8.47. The Hall–Kier alpha value is -3.20. The summed E-state index contributed by atoms with van der Waals surface area (Å²) in [4.78, 5) is 29.6. The molecule has 0 bridgehead atoms. The number of Topliss-reactive ketones (excluding diaryl/α,β-unsaturated/α-hetero) is 1. The third kappa shape index (κ3) is 6.41. The molecule has 4 rings (SSSR count). The Bertz CT molecular complexity index is 1240. The minimum absolute atomic E-state index is 0.00966. The highest BCUT2D eigenvalue weighted by Crippen LogP contribution is 2.30. The quantitative estimate of drug-likeness (QED) is 0.448. The predicted molar refractivity (Wildman–Crippen MR) is 123 cm³/mol. The van der Waals surface area contributed by atoms with Gasteiger partial charge in [0.25, 0.3) is 0 Å². The highest BCUT2D eigenvalue weighted by molar-refractivity contribution is 7.91. The molecule has 9 heteroatoms. The molecular weight excluding hydrogens is 440 g/mol. The zero-order valence-electron chi connectivity index (χ0n) is 18.6. The van der Waals surface area contributed by atoms with Crippen molar-refractivity contribution in [3.8, 4) is 17.1 Å². The van der Waals surface area contributed by atoms with Crippen molar-refractivity contribution in [2.24, 2.45) is 0 Å². The molecule has 1 aliphatic rings. The standard InChI is InChI=1S/C24H26N4O4S/c1-16(2)32-24-14-25-13-22(28-24)18-5-3-17(4-6-18)11-20(29)12-19-9-10-26-23(27-19)15-33(30,31)21-7-8-21/h3-6,9-10,13-14,16,21H,7-8,11-12,15H2,1-2H3. The van der Waals surface area contributed by atoms with Crippen LogP contribution in [0.2, 0.25) is 0 Å². The van der Waals surface area contributed by atoms with Gasteiger partial charge < -0.3 is 4.74 Å². The van der Waals surface area contributed by atoms with E-state index in [0.717, 1.165) is 11.1 Å². The van der Waals surface area contributed by atoms with Crippen molar-refractivity contribution in [1.82, 2.24) is 19.9 Å². The first-order valence-electron chi connectivity index (χ1n) is 10.9. The van der Waals surface area contributed by atoms with Gasteiger partial charge in [-0.05, 0) is 38.3 Å². The van der Waals surface area contributed by atoms with Crippen molar-refractivity contribution in [3.63, 3.8) is 0 Å². The summed E-state index contributed by atoms with van der Waals surface area (Å²) in [5.74, 6) is 0.537. The van der Waals surface area contributed by atoms with Crippen LogP contribution >= 0.6 is 0 Å². The molecule has 0 radical (unpaired) electrons. The molecule has 1 saturated carbocycles. The van der Waals surface area contributed by atoms with E-state index in [9.17, 15) is 13.2 Å². The van der Waals surface area contributed by atoms with Crippen LogP contribution in [-0.4, -0.2) is 45.5 Å². The minimum Gasteiger partial charge on any atom is -0.474 e. The molecule has 0 aliphatic heterocycles. The second-order valence-corrected chi connectivity index (χ2v) is 10.8. The third-order valence-corrected chi connectivity index (χ3v) is 7.27. The van der Waals surface area contributed by atoms with Gasteiger partial charge in [-0.15, -0.1) is 0 Å². The molecule has 1 fully saturated rings. The van der Waals surface area contributed by atoms with Crippen molar-refractivity contribution in [1.29, 1.82) is 0 Å². The summed E-state index contributed by atoms with van der Waals surface area (Å²) in [6, 6.07) is 9.23. The molecule has 0 N–H and O–H groups in total. The summed E-state index contributed by atoms with van der Waals surface area (Å²) >= 11 is 0. The number of sulfone groups is 1. The SMILES string of the molecule is CC(C)Oc1cncc(-c2ccc(CC(=O)Cc3ccnc(CS(=O)(=O)C4CC4)n3)cc2)n1. The molecule has 0 saturated heterocycles. The van der Waals surface area contributed by atoms with Crippen LogP contribution in [0, 0.1) is 0 Å². The van der Waals surface area contributed by atoms with Gasteiger partial charge in [-0.1, -0.05) is 24.3 Å². The lowest BCUT2D eigenvalue weighted by atomic mass is 10.0. The molecule has 0 atom stereocenters. The molecular formula is C24H26N4O4S. The first-order valence-corrected chi connectivity index (χ1v) is 12.6. The van der Waals surface area contributed by atoms with E-state index in [0.29, 0.717) is 30.1 Å². The number of ketones is 1. The van der Waals surface area contributed by atoms with Crippen LogP contribution in [0.3, 0.4) is 0 Å². The van der Waals surface area contributed by atoms with Gasteiger partial charge in [0, 0.05) is 24.6 Å². The minimum atomic E-state index is -3.20. The van der Waals surface area contributed by atoms with Gasteiger partial charge in [0.1, 0.15) is 17.4 Å². The second kappa shape index (κ2) is 9.74. The molecule has 0 spiro atoms. The maximum absolute atomic E-state index is 12.6. The summed E-state index contributed by atoms with van der Waals surface area (Å²) in [5, 5.41) is -0.259. The fourth-order valence-electron chi connectivity index (χ4n) is 3.41. The molecule has 8 nitrogen and oxygen atoms in total. The molecule has 172 valence electrons. The van der Waals surface area contributed by atoms with Crippen LogP contribution in [-0.2, 0) is 33.2 Å². The van der Waals surface area contributed by atoms with Crippen molar-refractivity contribution in [2.45, 2.75) is 56.6 Å². The van der Waals surface area contributed by atoms with E-state index in [2.05, 4.69) is 19.9 Å². The predicted octanol–water partition coefficient (Wildman–Crippen LogP) is 3.15. The number of nitrogens with zero attached hydrogens (tertiary/aromatic N) is 4. The van der Waals surface area contributed by atoms with Gasteiger partial charge >= 0.3 is 0 Å². The Morgan fingerprint density at radius 3 is 2.52 bits per heavy atom. The van der Waals surface area contributed by atoms with Gasteiger partial charge in [-0.3, -0.25) is 9.78 Å². The van der Waals surface area contributed by atoms with Crippen LogP contribution in [0.1, 0.15) is 43.8 Å². The topological polar surface area (TPSA) is 112 Å². The third-order valence-electron chi connectivity index (χ3n) is 5.12. The molecule has 0 amide bonds. The smallest absolute Gasteiger partial charge is 0.233 e.